The van der Waals surface area contributed by atoms with Crippen molar-refractivity contribution < 1.29 is 0 Å². The van der Waals surface area contributed by atoms with Crippen LogP contribution in [0.1, 0.15) is 102 Å². The molecule has 0 unspecified atom stereocenters. The summed E-state index contributed by atoms with van der Waals surface area (Å²) in [6.07, 6.45) is 20.9. The van der Waals surface area contributed by atoms with Gasteiger partial charge in [0, 0.05) is 13.2 Å². The van der Waals surface area contributed by atoms with E-state index in [9.17, 15) is 0 Å². The highest BCUT2D eigenvalue weighted by Crippen LogP contribution is 2.28. The van der Waals surface area contributed by atoms with Crippen molar-refractivity contribution in [3.05, 3.63) is 18.0 Å². The van der Waals surface area contributed by atoms with Crippen LogP contribution in [0.25, 0.3) is 0 Å². The number of unbranched alkanes of at least 4 members (excludes halogenated alkanes) is 8. The van der Waals surface area contributed by atoms with Crippen molar-refractivity contribution in [2.24, 2.45) is 7.05 Å². The van der Waals surface area contributed by atoms with Crippen LogP contribution in [-0.2, 0) is 7.05 Å². The van der Waals surface area contributed by atoms with E-state index in [-0.39, 0.29) is 0 Å². The van der Waals surface area contributed by atoms with Crippen LogP contribution in [0.2, 0.25) is 0 Å². The lowest BCUT2D eigenvalue weighted by atomic mass is 9.90. The predicted molar refractivity (Wildman–Crippen MR) is 92.7 cm³/mol. The SMILES string of the molecule is CCCCCCCC(CCCCCCC)c1cnn(C)c1. The van der Waals surface area contributed by atoms with E-state index < -0.39 is 0 Å². The maximum atomic E-state index is 4.37. The van der Waals surface area contributed by atoms with E-state index in [0.717, 1.165) is 5.92 Å². The Morgan fingerprint density at radius 1 is 0.857 bits per heavy atom. The van der Waals surface area contributed by atoms with Crippen molar-refractivity contribution >= 4 is 0 Å². The molecule has 1 rings (SSSR count). The molecular weight excluding hydrogens is 256 g/mol. The summed E-state index contributed by atoms with van der Waals surface area (Å²) < 4.78 is 1.95. The van der Waals surface area contributed by atoms with Crippen molar-refractivity contribution in [2.45, 2.75) is 96.8 Å². The third-order valence-corrected chi connectivity index (χ3v) is 4.51. The molecule has 0 bridgehead atoms. The first-order valence-corrected chi connectivity index (χ1v) is 9.26. The van der Waals surface area contributed by atoms with Gasteiger partial charge in [0.15, 0.2) is 0 Å². The molecule has 0 spiro atoms. The lowest BCUT2D eigenvalue weighted by molar-refractivity contribution is 0.490. The molecule has 1 aromatic heterocycles. The second-order valence-corrected chi connectivity index (χ2v) is 6.55. The van der Waals surface area contributed by atoms with Gasteiger partial charge < -0.3 is 0 Å². The zero-order valence-corrected chi connectivity index (χ0v) is 14.6. The lowest BCUT2D eigenvalue weighted by Crippen LogP contribution is -1.99. The summed E-state index contributed by atoms with van der Waals surface area (Å²) in [5, 5.41) is 4.37. The first-order chi connectivity index (χ1) is 10.3. The molecule has 0 aliphatic carbocycles. The van der Waals surface area contributed by atoms with Crippen molar-refractivity contribution in [2.75, 3.05) is 0 Å². The highest BCUT2D eigenvalue weighted by Gasteiger charge is 2.12. The summed E-state index contributed by atoms with van der Waals surface area (Å²) in [4.78, 5) is 0. The van der Waals surface area contributed by atoms with Gasteiger partial charge in [0.1, 0.15) is 0 Å². The summed E-state index contributed by atoms with van der Waals surface area (Å²) in [5.41, 5.74) is 1.46. The Hall–Kier alpha value is -0.790. The fourth-order valence-electron chi connectivity index (χ4n) is 3.12. The summed E-state index contributed by atoms with van der Waals surface area (Å²) in [7, 11) is 2.03. The van der Waals surface area contributed by atoms with Gasteiger partial charge in [-0.3, -0.25) is 4.68 Å². The molecule has 0 N–H and O–H groups in total. The lowest BCUT2D eigenvalue weighted by Gasteiger charge is -2.15. The molecule has 2 nitrogen and oxygen atoms in total. The van der Waals surface area contributed by atoms with Gasteiger partial charge in [-0.1, -0.05) is 78.1 Å². The van der Waals surface area contributed by atoms with Crippen LogP contribution in [0.4, 0.5) is 0 Å². The van der Waals surface area contributed by atoms with Crippen molar-refractivity contribution in [3.8, 4) is 0 Å². The minimum Gasteiger partial charge on any atom is -0.276 e. The summed E-state index contributed by atoms with van der Waals surface area (Å²) in [5.74, 6) is 0.738. The van der Waals surface area contributed by atoms with Crippen molar-refractivity contribution in [1.82, 2.24) is 9.78 Å². The van der Waals surface area contributed by atoms with E-state index in [1.807, 2.05) is 11.7 Å². The maximum absolute atomic E-state index is 4.37. The molecule has 0 aromatic carbocycles. The summed E-state index contributed by atoms with van der Waals surface area (Å²) >= 11 is 0. The Labute approximate surface area is 132 Å². The zero-order valence-electron chi connectivity index (χ0n) is 14.6. The third kappa shape index (κ3) is 8.28. The van der Waals surface area contributed by atoms with Gasteiger partial charge in [-0.25, -0.2) is 0 Å². The monoisotopic (exact) mass is 292 g/mol. The number of hydrogen-bond donors (Lipinski definition) is 0. The van der Waals surface area contributed by atoms with Crippen LogP contribution < -0.4 is 0 Å². The molecule has 0 aliphatic heterocycles. The maximum Gasteiger partial charge on any atom is 0.0524 e. The quantitative estimate of drug-likeness (QED) is 0.394. The molecule has 0 aliphatic rings. The Bertz CT molecular complexity index is 329. The van der Waals surface area contributed by atoms with Crippen LogP contribution in [-0.4, -0.2) is 9.78 Å². The Balaban J connectivity index is 2.32. The highest BCUT2D eigenvalue weighted by molar-refractivity contribution is 5.10. The largest absolute Gasteiger partial charge is 0.276 e. The number of aryl methyl sites for hydroxylation is 1. The van der Waals surface area contributed by atoms with E-state index in [2.05, 4.69) is 31.3 Å². The van der Waals surface area contributed by atoms with E-state index in [1.165, 1.54) is 82.6 Å². The first-order valence-electron chi connectivity index (χ1n) is 9.26. The van der Waals surface area contributed by atoms with E-state index >= 15 is 0 Å². The Morgan fingerprint density at radius 2 is 1.38 bits per heavy atom. The number of rotatable bonds is 13. The highest BCUT2D eigenvalue weighted by atomic mass is 15.2. The van der Waals surface area contributed by atoms with Gasteiger partial charge in [-0.15, -0.1) is 0 Å². The molecule has 2 heteroatoms. The molecular formula is C19H36N2. The molecule has 1 heterocycles. The molecule has 122 valence electrons. The second-order valence-electron chi connectivity index (χ2n) is 6.55. The van der Waals surface area contributed by atoms with E-state index in [0.29, 0.717) is 0 Å². The van der Waals surface area contributed by atoms with Gasteiger partial charge in [-0.05, 0) is 24.3 Å². The smallest absolute Gasteiger partial charge is 0.0524 e. The van der Waals surface area contributed by atoms with Crippen molar-refractivity contribution in [1.29, 1.82) is 0 Å². The van der Waals surface area contributed by atoms with Crippen LogP contribution in [0, 0.1) is 0 Å². The standard InChI is InChI=1S/C19H36N2/c1-4-6-8-10-12-14-18(15-13-11-9-7-5-2)19-16-20-21(3)17-19/h16-18H,4-15H2,1-3H3. The van der Waals surface area contributed by atoms with Crippen LogP contribution in [0.3, 0.4) is 0 Å². The molecule has 0 radical (unpaired) electrons. The molecule has 0 atom stereocenters. The number of hydrogen-bond acceptors (Lipinski definition) is 1. The average molecular weight is 293 g/mol. The molecule has 1 aromatic rings. The molecule has 0 fully saturated rings. The number of nitrogens with zero attached hydrogens (tertiary/aromatic N) is 2. The predicted octanol–water partition coefficient (Wildman–Crippen LogP) is 6.22. The van der Waals surface area contributed by atoms with Gasteiger partial charge >= 0.3 is 0 Å². The molecule has 0 amide bonds. The van der Waals surface area contributed by atoms with Gasteiger partial charge in [0.05, 0.1) is 6.20 Å². The van der Waals surface area contributed by atoms with Gasteiger partial charge in [0.25, 0.3) is 0 Å². The first kappa shape index (κ1) is 18.3. The molecule has 21 heavy (non-hydrogen) atoms. The van der Waals surface area contributed by atoms with Crippen LogP contribution in [0.15, 0.2) is 12.4 Å². The Morgan fingerprint density at radius 3 is 1.81 bits per heavy atom. The molecule has 0 saturated heterocycles. The zero-order chi connectivity index (χ0) is 15.3. The van der Waals surface area contributed by atoms with Crippen LogP contribution in [0.5, 0.6) is 0 Å². The fourth-order valence-corrected chi connectivity index (χ4v) is 3.12. The van der Waals surface area contributed by atoms with Crippen LogP contribution >= 0.6 is 0 Å². The number of aromatic nitrogens is 2. The minimum atomic E-state index is 0.738. The normalized spacial score (nSPS) is 11.4. The summed E-state index contributed by atoms with van der Waals surface area (Å²) in [6.45, 7) is 4.57. The van der Waals surface area contributed by atoms with Gasteiger partial charge in [-0.2, -0.15) is 5.10 Å². The van der Waals surface area contributed by atoms with E-state index in [4.69, 9.17) is 0 Å². The molecule has 0 saturated carbocycles. The third-order valence-electron chi connectivity index (χ3n) is 4.51. The second kappa shape index (κ2) is 11.8. The summed E-state index contributed by atoms with van der Waals surface area (Å²) in [6, 6.07) is 0. The van der Waals surface area contributed by atoms with Crippen molar-refractivity contribution in [3.63, 3.8) is 0 Å². The topological polar surface area (TPSA) is 17.8 Å². The minimum absolute atomic E-state index is 0.738. The van der Waals surface area contributed by atoms with Gasteiger partial charge in [0.2, 0.25) is 0 Å². The van der Waals surface area contributed by atoms with E-state index in [1.54, 1.807) is 0 Å². The fraction of sp³-hybridized carbons (Fsp3) is 0.842. The Kier molecular flexibility index (Phi) is 10.3. The average Bonchev–Trinajstić information content (AvgIpc) is 2.91.